The third-order valence-electron chi connectivity index (χ3n) is 4.32. The molecule has 0 radical (unpaired) electrons. The number of hydrogen-bond acceptors (Lipinski definition) is 8. The van der Waals surface area contributed by atoms with E-state index in [0.29, 0.717) is 29.8 Å². The Kier molecular flexibility index (Phi) is 6.30. The number of aryl methyl sites for hydroxylation is 1. The Balaban J connectivity index is 1.89. The summed E-state index contributed by atoms with van der Waals surface area (Å²) in [6.45, 7) is 1.74. The third-order valence-corrected chi connectivity index (χ3v) is 4.32. The molecule has 0 saturated carbocycles. The van der Waals surface area contributed by atoms with Gasteiger partial charge in [0, 0.05) is 23.6 Å². The zero-order valence-electron chi connectivity index (χ0n) is 16.4. The predicted octanol–water partition coefficient (Wildman–Crippen LogP) is 2.00. The van der Waals surface area contributed by atoms with Crippen LogP contribution < -0.4 is 25.6 Å². The van der Waals surface area contributed by atoms with Gasteiger partial charge >= 0.3 is 0 Å². The number of benzene rings is 2. The summed E-state index contributed by atoms with van der Waals surface area (Å²) in [6.07, 6.45) is 0. The van der Waals surface area contributed by atoms with E-state index in [0.717, 1.165) is 22.0 Å². The number of carbonyl (C=O) groups is 1. The smallest absolute Gasteiger partial charge is 0.264 e. The van der Waals surface area contributed by atoms with E-state index in [1.807, 2.05) is 37.3 Å². The highest BCUT2D eigenvalue weighted by Gasteiger charge is 2.11. The van der Waals surface area contributed by atoms with Crippen LogP contribution in [-0.4, -0.2) is 41.8 Å². The van der Waals surface area contributed by atoms with E-state index in [-0.39, 0.29) is 0 Å². The number of nitrogens with one attached hydrogen (secondary N) is 3. The molecule has 0 aliphatic carbocycles. The van der Waals surface area contributed by atoms with E-state index in [2.05, 4.69) is 26.1 Å². The van der Waals surface area contributed by atoms with E-state index >= 15 is 0 Å². The molecule has 29 heavy (non-hydrogen) atoms. The second kappa shape index (κ2) is 9.07. The van der Waals surface area contributed by atoms with Crippen molar-refractivity contribution in [2.45, 2.75) is 13.5 Å². The number of aliphatic hydroxyl groups is 1. The second-order valence-corrected chi connectivity index (χ2v) is 6.23. The minimum atomic E-state index is -0.628. The molecule has 0 unspecified atom stereocenters. The molecule has 0 spiro atoms. The first-order chi connectivity index (χ1) is 14.0. The van der Waals surface area contributed by atoms with E-state index < -0.39 is 12.5 Å². The fourth-order valence-electron chi connectivity index (χ4n) is 2.81. The lowest BCUT2D eigenvalue weighted by atomic mass is 10.1. The Morgan fingerprint density at radius 1 is 1.14 bits per heavy atom. The highest BCUT2D eigenvalue weighted by molar-refractivity contribution is 5.92. The SMILES string of the molecule is COc1ccc(CNc2nc(NNC(=O)CO)c3cccc(C)c3n2)c(OC)c1. The predicted molar refractivity (Wildman–Crippen MR) is 110 cm³/mol. The molecule has 1 heterocycles. The van der Waals surface area contributed by atoms with Crippen LogP contribution in [0.25, 0.3) is 10.9 Å². The summed E-state index contributed by atoms with van der Waals surface area (Å²) in [6, 6.07) is 11.2. The Morgan fingerprint density at radius 3 is 2.69 bits per heavy atom. The van der Waals surface area contributed by atoms with Crippen molar-refractivity contribution in [1.82, 2.24) is 15.4 Å². The maximum Gasteiger partial charge on any atom is 0.264 e. The number of aromatic nitrogens is 2. The highest BCUT2D eigenvalue weighted by Crippen LogP contribution is 2.27. The topological polar surface area (TPSA) is 118 Å². The first-order valence-electron chi connectivity index (χ1n) is 8.93. The summed E-state index contributed by atoms with van der Waals surface area (Å²) >= 11 is 0. The molecule has 4 N–H and O–H groups in total. The maximum atomic E-state index is 11.4. The van der Waals surface area contributed by atoms with Crippen LogP contribution in [0.3, 0.4) is 0 Å². The Bertz CT molecular complexity index is 1030. The number of methoxy groups -OCH3 is 2. The summed E-state index contributed by atoms with van der Waals surface area (Å²) in [5.74, 6) is 1.62. The first-order valence-corrected chi connectivity index (χ1v) is 8.93. The van der Waals surface area contributed by atoms with Crippen molar-refractivity contribution >= 4 is 28.6 Å². The van der Waals surface area contributed by atoms with Crippen LogP contribution in [0.2, 0.25) is 0 Å². The van der Waals surface area contributed by atoms with Gasteiger partial charge in [0.15, 0.2) is 5.82 Å². The van der Waals surface area contributed by atoms with Crippen molar-refractivity contribution in [2.24, 2.45) is 0 Å². The maximum absolute atomic E-state index is 11.4. The summed E-state index contributed by atoms with van der Waals surface area (Å²) in [7, 11) is 3.20. The average Bonchev–Trinajstić information content (AvgIpc) is 2.76. The number of para-hydroxylation sites is 1. The minimum Gasteiger partial charge on any atom is -0.497 e. The molecule has 3 aromatic rings. The standard InChI is InChI=1S/C20H23N5O4/c1-12-5-4-6-15-18(12)22-20(23-19(15)25-24-17(27)11-26)21-10-13-7-8-14(28-2)9-16(13)29-3/h4-9,26H,10-11H2,1-3H3,(H,24,27)(H2,21,22,23,25). The number of anilines is 2. The van der Waals surface area contributed by atoms with Gasteiger partial charge in [-0.3, -0.25) is 15.6 Å². The summed E-state index contributed by atoms with van der Waals surface area (Å²) < 4.78 is 10.6. The van der Waals surface area contributed by atoms with Crippen molar-refractivity contribution in [3.8, 4) is 11.5 Å². The number of carbonyl (C=O) groups excluding carboxylic acids is 1. The molecule has 152 valence electrons. The van der Waals surface area contributed by atoms with Crippen molar-refractivity contribution in [3.05, 3.63) is 47.5 Å². The molecule has 9 heteroatoms. The number of ether oxygens (including phenoxy) is 2. The molecule has 0 atom stereocenters. The van der Waals surface area contributed by atoms with Crippen LogP contribution in [-0.2, 0) is 11.3 Å². The number of hydrogen-bond donors (Lipinski definition) is 4. The van der Waals surface area contributed by atoms with Gasteiger partial charge in [0.2, 0.25) is 5.95 Å². The largest absolute Gasteiger partial charge is 0.497 e. The molecule has 0 bridgehead atoms. The van der Waals surface area contributed by atoms with Gasteiger partial charge in [-0.2, -0.15) is 4.98 Å². The number of fused-ring (bicyclic) bond motifs is 1. The van der Waals surface area contributed by atoms with Gasteiger partial charge in [0.25, 0.3) is 5.91 Å². The van der Waals surface area contributed by atoms with Crippen LogP contribution in [0.1, 0.15) is 11.1 Å². The molecule has 0 fully saturated rings. The van der Waals surface area contributed by atoms with Gasteiger partial charge in [-0.1, -0.05) is 12.1 Å². The molecule has 1 aromatic heterocycles. The summed E-state index contributed by atoms with van der Waals surface area (Å²) in [4.78, 5) is 20.5. The number of rotatable bonds is 8. The minimum absolute atomic E-state index is 0.380. The lowest BCUT2D eigenvalue weighted by Crippen LogP contribution is -2.32. The molecule has 2 aromatic carbocycles. The van der Waals surface area contributed by atoms with Gasteiger partial charge in [-0.25, -0.2) is 4.98 Å². The van der Waals surface area contributed by atoms with Gasteiger partial charge in [0.1, 0.15) is 18.1 Å². The molecule has 0 aliphatic heterocycles. The zero-order chi connectivity index (χ0) is 20.8. The molecule has 9 nitrogen and oxygen atoms in total. The number of hydrazine groups is 1. The van der Waals surface area contributed by atoms with E-state index in [1.54, 1.807) is 20.3 Å². The van der Waals surface area contributed by atoms with Crippen LogP contribution in [0.5, 0.6) is 11.5 Å². The fourth-order valence-corrected chi connectivity index (χ4v) is 2.81. The molecule has 1 amide bonds. The van der Waals surface area contributed by atoms with Crippen LogP contribution in [0.4, 0.5) is 11.8 Å². The lowest BCUT2D eigenvalue weighted by Gasteiger charge is -2.14. The monoisotopic (exact) mass is 397 g/mol. The molecule has 0 aliphatic rings. The van der Waals surface area contributed by atoms with E-state index in [9.17, 15) is 4.79 Å². The first kappa shape index (κ1) is 20.2. The molecular weight excluding hydrogens is 374 g/mol. The summed E-state index contributed by atoms with van der Waals surface area (Å²) in [5.41, 5.74) is 7.77. The molecular formula is C20H23N5O4. The summed E-state index contributed by atoms with van der Waals surface area (Å²) in [5, 5.41) is 12.8. The average molecular weight is 397 g/mol. The van der Waals surface area contributed by atoms with Crippen molar-refractivity contribution in [2.75, 3.05) is 31.6 Å². The van der Waals surface area contributed by atoms with Gasteiger partial charge in [-0.05, 0) is 30.7 Å². The highest BCUT2D eigenvalue weighted by atomic mass is 16.5. The molecule has 0 saturated heterocycles. The van der Waals surface area contributed by atoms with Gasteiger partial charge < -0.3 is 19.9 Å². The number of amides is 1. The third kappa shape index (κ3) is 4.64. The zero-order valence-corrected chi connectivity index (χ0v) is 16.4. The van der Waals surface area contributed by atoms with E-state index in [1.165, 1.54) is 0 Å². The quantitative estimate of drug-likeness (QED) is 0.427. The Labute approximate surface area is 168 Å². The van der Waals surface area contributed by atoms with E-state index in [4.69, 9.17) is 14.6 Å². The molecule has 3 rings (SSSR count). The van der Waals surface area contributed by atoms with Crippen molar-refractivity contribution in [1.29, 1.82) is 0 Å². The lowest BCUT2D eigenvalue weighted by molar-refractivity contribution is -0.123. The normalized spacial score (nSPS) is 10.5. The van der Waals surface area contributed by atoms with Crippen molar-refractivity contribution < 1.29 is 19.4 Å². The number of aliphatic hydroxyl groups excluding tert-OH is 1. The van der Waals surface area contributed by atoms with Crippen molar-refractivity contribution in [3.63, 3.8) is 0 Å². The van der Waals surface area contributed by atoms with Crippen LogP contribution in [0.15, 0.2) is 36.4 Å². The van der Waals surface area contributed by atoms with Gasteiger partial charge in [-0.15, -0.1) is 0 Å². The fraction of sp³-hybridized carbons (Fsp3) is 0.250. The van der Waals surface area contributed by atoms with Crippen LogP contribution in [0, 0.1) is 6.92 Å². The Hall–Kier alpha value is -3.59. The number of nitrogens with zero attached hydrogens (tertiary/aromatic N) is 2. The van der Waals surface area contributed by atoms with Gasteiger partial charge in [0.05, 0.1) is 19.7 Å². The Morgan fingerprint density at radius 2 is 1.97 bits per heavy atom. The second-order valence-electron chi connectivity index (χ2n) is 6.23. The van der Waals surface area contributed by atoms with Crippen LogP contribution >= 0.6 is 0 Å².